The van der Waals surface area contributed by atoms with Gasteiger partial charge in [-0.25, -0.2) is 4.79 Å². The largest absolute Gasteiger partial charge is 0.420 e. The molecule has 3 aromatic rings. The van der Waals surface area contributed by atoms with Gasteiger partial charge in [0.1, 0.15) is 12.5 Å². The van der Waals surface area contributed by atoms with Crippen molar-refractivity contribution in [2.24, 2.45) is 0 Å². The molecule has 10 heteroatoms. The number of amides is 2. The van der Waals surface area contributed by atoms with E-state index in [-0.39, 0.29) is 30.2 Å². The predicted molar refractivity (Wildman–Crippen MR) is 99.1 cm³/mol. The molecule has 1 atom stereocenters. The molecule has 2 aromatic heterocycles. The predicted octanol–water partition coefficient (Wildman–Crippen LogP) is 0.597. The first-order valence-electron chi connectivity index (χ1n) is 9.57. The number of carbonyl (C=O) groups is 2. The molecule has 0 spiro atoms. The van der Waals surface area contributed by atoms with Gasteiger partial charge in [-0.1, -0.05) is 17.3 Å². The zero-order valence-electron chi connectivity index (χ0n) is 15.5. The molecule has 0 bridgehead atoms. The van der Waals surface area contributed by atoms with Crippen molar-refractivity contribution >= 4 is 22.9 Å². The van der Waals surface area contributed by atoms with Crippen LogP contribution in [0.5, 0.6) is 0 Å². The lowest BCUT2D eigenvalue weighted by molar-refractivity contribution is -0.136. The van der Waals surface area contributed by atoms with Crippen LogP contribution in [0.25, 0.3) is 11.1 Å². The molecule has 2 amide bonds. The zero-order valence-corrected chi connectivity index (χ0v) is 15.5. The molecular weight excluding hydrogens is 378 g/mol. The van der Waals surface area contributed by atoms with Crippen molar-refractivity contribution < 1.29 is 18.5 Å². The Bertz CT molecular complexity index is 1140. The van der Waals surface area contributed by atoms with Gasteiger partial charge in [-0.3, -0.25) is 14.2 Å². The minimum atomic E-state index is -0.552. The van der Waals surface area contributed by atoms with Gasteiger partial charge in [0.05, 0.1) is 11.4 Å². The maximum absolute atomic E-state index is 12.6. The Balaban J connectivity index is 1.23. The van der Waals surface area contributed by atoms with Crippen molar-refractivity contribution in [1.29, 1.82) is 0 Å². The fourth-order valence-corrected chi connectivity index (χ4v) is 3.81. The van der Waals surface area contributed by atoms with Crippen molar-refractivity contribution in [3.05, 3.63) is 46.5 Å². The first-order valence-corrected chi connectivity index (χ1v) is 9.57. The highest BCUT2D eigenvalue weighted by molar-refractivity contribution is 5.83. The third kappa shape index (κ3) is 3.10. The van der Waals surface area contributed by atoms with Gasteiger partial charge < -0.3 is 19.2 Å². The van der Waals surface area contributed by atoms with E-state index in [1.807, 2.05) is 0 Å². The summed E-state index contributed by atoms with van der Waals surface area (Å²) in [5.41, 5.74) is 1.05. The summed E-state index contributed by atoms with van der Waals surface area (Å²) in [6.45, 7) is 1.46. The van der Waals surface area contributed by atoms with Crippen molar-refractivity contribution in [2.75, 3.05) is 19.6 Å². The molecule has 2 aliphatic heterocycles. The second-order valence-electron chi connectivity index (χ2n) is 7.39. The molecule has 2 aliphatic rings. The van der Waals surface area contributed by atoms with Crippen LogP contribution in [-0.4, -0.2) is 51.1 Å². The van der Waals surface area contributed by atoms with Crippen LogP contribution < -0.4 is 11.1 Å². The van der Waals surface area contributed by atoms with E-state index in [0.29, 0.717) is 48.9 Å². The number of fused-ring (bicyclic) bond motifs is 1. The normalized spacial score (nSPS) is 19.9. The van der Waals surface area contributed by atoms with Crippen LogP contribution in [-0.2, 0) is 16.1 Å². The van der Waals surface area contributed by atoms with Crippen LogP contribution in [0.4, 0.5) is 0 Å². The first-order chi connectivity index (χ1) is 14.1. The maximum atomic E-state index is 12.6. The molecule has 1 unspecified atom stereocenters. The molecule has 2 fully saturated rings. The number of oxazole rings is 1. The number of hydrogen-bond acceptors (Lipinski definition) is 7. The van der Waals surface area contributed by atoms with Gasteiger partial charge in [0.2, 0.25) is 17.7 Å². The second-order valence-corrected chi connectivity index (χ2v) is 7.39. The molecule has 1 N–H and O–H groups in total. The van der Waals surface area contributed by atoms with Gasteiger partial charge >= 0.3 is 5.76 Å². The summed E-state index contributed by atoms with van der Waals surface area (Å²) in [7, 11) is 0. The summed E-state index contributed by atoms with van der Waals surface area (Å²) in [6, 6.07) is 7.00. The van der Waals surface area contributed by atoms with E-state index >= 15 is 0 Å². The molecular formula is C19H19N5O5. The van der Waals surface area contributed by atoms with Crippen molar-refractivity contribution in [1.82, 2.24) is 24.9 Å². The second kappa shape index (κ2) is 6.87. The Hall–Kier alpha value is -3.43. The van der Waals surface area contributed by atoms with Crippen molar-refractivity contribution in [3.63, 3.8) is 0 Å². The molecule has 0 radical (unpaired) electrons. The van der Waals surface area contributed by atoms with Crippen molar-refractivity contribution in [3.8, 4) is 0 Å². The number of aromatic nitrogens is 3. The maximum Gasteiger partial charge on any atom is 0.420 e. The average Bonchev–Trinajstić information content (AvgIpc) is 3.26. The lowest BCUT2D eigenvalue weighted by atomic mass is 9.97. The lowest BCUT2D eigenvalue weighted by Crippen LogP contribution is -2.50. The number of piperidine rings is 1. The number of carbonyl (C=O) groups excluding carboxylic acids is 2. The fraction of sp³-hybridized carbons (Fsp3) is 0.421. The SMILES string of the molecule is O=C1NCCCC1c1noc(C2CN(C(=O)Cn3c(=O)oc4ccccc43)C2)n1. The summed E-state index contributed by atoms with van der Waals surface area (Å²) in [5.74, 6) is -0.409. The smallest absolute Gasteiger partial charge is 0.408 e. The molecule has 0 aliphatic carbocycles. The quantitative estimate of drug-likeness (QED) is 0.684. The molecule has 5 rings (SSSR count). The summed E-state index contributed by atoms with van der Waals surface area (Å²) >= 11 is 0. The average molecular weight is 397 g/mol. The highest BCUT2D eigenvalue weighted by Crippen LogP contribution is 2.29. The summed E-state index contributed by atoms with van der Waals surface area (Å²) < 4.78 is 11.8. The van der Waals surface area contributed by atoms with Gasteiger partial charge in [0.15, 0.2) is 11.4 Å². The Kier molecular flexibility index (Phi) is 4.18. The number of benzene rings is 1. The van der Waals surface area contributed by atoms with Crippen LogP contribution >= 0.6 is 0 Å². The van der Waals surface area contributed by atoms with Gasteiger partial charge in [-0.05, 0) is 25.0 Å². The van der Waals surface area contributed by atoms with E-state index in [9.17, 15) is 14.4 Å². The van der Waals surface area contributed by atoms with Crippen LogP contribution in [0.15, 0.2) is 38.0 Å². The van der Waals surface area contributed by atoms with E-state index in [1.54, 1.807) is 29.2 Å². The molecule has 4 heterocycles. The molecule has 0 saturated carbocycles. The molecule has 150 valence electrons. The van der Waals surface area contributed by atoms with Gasteiger partial charge in [0.25, 0.3) is 0 Å². The topological polar surface area (TPSA) is 123 Å². The van der Waals surface area contributed by atoms with Gasteiger partial charge in [-0.15, -0.1) is 0 Å². The molecule has 2 saturated heterocycles. The Labute approximate surface area is 164 Å². The lowest BCUT2D eigenvalue weighted by Gasteiger charge is -2.37. The monoisotopic (exact) mass is 397 g/mol. The third-order valence-electron chi connectivity index (χ3n) is 5.50. The van der Waals surface area contributed by atoms with E-state index in [1.165, 1.54) is 4.57 Å². The number of likely N-dealkylation sites (tertiary alicyclic amines) is 1. The van der Waals surface area contributed by atoms with Gasteiger partial charge in [0, 0.05) is 19.6 Å². The molecule has 10 nitrogen and oxygen atoms in total. The van der Waals surface area contributed by atoms with Crippen LogP contribution in [0.2, 0.25) is 0 Å². The number of nitrogens with zero attached hydrogens (tertiary/aromatic N) is 4. The Morgan fingerprint density at radius 2 is 2.07 bits per heavy atom. The van der Waals surface area contributed by atoms with E-state index in [2.05, 4.69) is 15.5 Å². The minimum Gasteiger partial charge on any atom is -0.408 e. The highest BCUT2D eigenvalue weighted by atomic mass is 16.5. The Morgan fingerprint density at radius 3 is 2.90 bits per heavy atom. The fourth-order valence-electron chi connectivity index (χ4n) is 3.81. The zero-order chi connectivity index (χ0) is 20.0. The summed E-state index contributed by atoms with van der Waals surface area (Å²) in [4.78, 5) is 42.6. The standard InChI is InChI=1S/C19H19N5O5/c25-15(10-24-13-5-1-2-6-14(13)28-19(24)27)23-8-11(9-23)18-21-16(22-29-18)12-4-3-7-20-17(12)26/h1-2,5-6,11-12H,3-4,7-10H2,(H,20,26). The van der Waals surface area contributed by atoms with E-state index < -0.39 is 5.76 Å². The number of nitrogens with one attached hydrogen (secondary N) is 1. The minimum absolute atomic E-state index is 0.0651. The third-order valence-corrected chi connectivity index (χ3v) is 5.50. The van der Waals surface area contributed by atoms with Crippen molar-refractivity contribution in [2.45, 2.75) is 31.2 Å². The van der Waals surface area contributed by atoms with E-state index in [4.69, 9.17) is 8.94 Å². The highest BCUT2D eigenvalue weighted by Gasteiger charge is 2.37. The number of para-hydroxylation sites is 2. The summed E-state index contributed by atoms with van der Waals surface area (Å²) in [6.07, 6.45) is 1.58. The van der Waals surface area contributed by atoms with Crippen LogP contribution in [0.1, 0.15) is 36.4 Å². The van der Waals surface area contributed by atoms with E-state index in [0.717, 1.165) is 6.42 Å². The number of rotatable bonds is 4. The first kappa shape index (κ1) is 17.7. The van der Waals surface area contributed by atoms with Gasteiger partial charge in [-0.2, -0.15) is 4.98 Å². The molecule has 1 aromatic carbocycles. The summed E-state index contributed by atoms with van der Waals surface area (Å²) in [5, 5.41) is 6.77. The molecule has 29 heavy (non-hydrogen) atoms. The van der Waals surface area contributed by atoms with Crippen LogP contribution in [0.3, 0.4) is 0 Å². The number of hydrogen-bond donors (Lipinski definition) is 1. The Morgan fingerprint density at radius 1 is 1.24 bits per heavy atom. The van der Waals surface area contributed by atoms with Crippen LogP contribution in [0, 0.1) is 0 Å².